The van der Waals surface area contributed by atoms with Gasteiger partial charge in [-0.15, -0.1) is 0 Å². The van der Waals surface area contributed by atoms with Crippen molar-refractivity contribution in [2.75, 3.05) is 13.7 Å². The van der Waals surface area contributed by atoms with Crippen molar-refractivity contribution >= 4 is 5.97 Å². The molecule has 1 aliphatic rings. The number of methoxy groups -OCH3 is 1. The van der Waals surface area contributed by atoms with E-state index in [1.807, 2.05) is 0 Å². The summed E-state index contributed by atoms with van der Waals surface area (Å²) in [7, 11) is 1.48. The Morgan fingerprint density at radius 3 is 3.00 bits per heavy atom. The molecule has 0 aromatic heterocycles. The molecule has 8 heavy (non-hydrogen) atoms. The zero-order chi connectivity index (χ0) is 5.98. The van der Waals surface area contributed by atoms with Crippen molar-refractivity contribution in [1.82, 2.24) is 0 Å². The molecule has 1 aliphatic heterocycles. The maximum absolute atomic E-state index is 10.4. The first-order valence-electron chi connectivity index (χ1n) is 2.37. The molecule has 0 aromatic carbocycles. The van der Waals surface area contributed by atoms with Gasteiger partial charge in [-0.3, -0.25) is 0 Å². The normalized spacial score (nSPS) is 28.1. The van der Waals surface area contributed by atoms with Crippen LogP contribution < -0.4 is 0 Å². The van der Waals surface area contributed by atoms with Gasteiger partial charge in [0.1, 0.15) is 0 Å². The summed E-state index contributed by atoms with van der Waals surface area (Å²) in [6.07, 6.45) is 1.26. The van der Waals surface area contributed by atoms with Crippen LogP contribution in [0.5, 0.6) is 0 Å². The third-order valence-electron chi connectivity index (χ3n) is 1.02. The minimum atomic E-state index is -0.421. The lowest BCUT2D eigenvalue weighted by Crippen LogP contribution is -2.16. The predicted molar refractivity (Wildman–Crippen MR) is 26.1 cm³/mol. The highest BCUT2D eigenvalue weighted by Crippen LogP contribution is 2.06. The van der Waals surface area contributed by atoms with Crippen molar-refractivity contribution in [2.45, 2.75) is 6.10 Å². The lowest BCUT2D eigenvalue weighted by Gasteiger charge is -1.97. The van der Waals surface area contributed by atoms with Crippen LogP contribution >= 0.6 is 0 Å². The largest absolute Gasteiger partial charge is 0.463 e. The Hall–Kier alpha value is -0.570. The number of carbonyl (C=O) groups excluding carboxylic acids is 1. The predicted octanol–water partition coefficient (Wildman–Crippen LogP) is -0.238. The molecular weight excluding hydrogens is 108 g/mol. The van der Waals surface area contributed by atoms with Crippen LogP contribution in [-0.2, 0) is 14.3 Å². The van der Waals surface area contributed by atoms with E-state index in [-0.39, 0.29) is 5.97 Å². The van der Waals surface area contributed by atoms with Crippen LogP contribution in [0.3, 0.4) is 0 Å². The van der Waals surface area contributed by atoms with Gasteiger partial charge in [0.25, 0.3) is 0 Å². The fourth-order valence-electron chi connectivity index (χ4n) is 0.588. The van der Waals surface area contributed by atoms with Gasteiger partial charge < -0.3 is 9.47 Å². The van der Waals surface area contributed by atoms with E-state index in [0.717, 1.165) is 0 Å². The molecule has 1 radical (unpaired) electrons. The van der Waals surface area contributed by atoms with Gasteiger partial charge in [-0.25, -0.2) is 4.79 Å². The quantitative estimate of drug-likeness (QED) is 0.442. The van der Waals surface area contributed by atoms with Crippen LogP contribution in [0.25, 0.3) is 0 Å². The van der Waals surface area contributed by atoms with Gasteiger partial charge in [0.05, 0.1) is 6.61 Å². The van der Waals surface area contributed by atoms with Gasteiger partial charge in [-0.05, 0) is 0 Å². The molecule has 0 aromatic rings. The number of ether oxygens (including phenoxy) is 2. The summed E-state index contributed by atoms with van der Waals surface area (Å²) in [5, 5.41) is 0. The van der Waals surface area contributed by atoms with Crippen molar-refractivity contribution in [3.8, 4) is 0 Å². The summed E-state index contributed by atoms with van der Waals surface area (Å²) in [6, 6.07) is 0. The maximum Gasteiger partial charge on any atom is 0.335 e. The molecule has 1 rings (SSSR count). The van der Waals surface area contributed by atoms with Crippen molar-refractivity contribution in [3.05, 3.63) is 6.42 Å². The highest BCUT2D eigenvalue weighted by Gasteiger charge is 2.25. The van der Waals surface area contributed by atoms with Crippen LogP contribution in [-0.4, -0.2) is 25.8 Å². The molecule has 1 atom stereocenters. The number of carbonyl (C=O) groups is 1. The van der Waals surface area contributed by atoms with E-state index in [4.69, 9.17) is 4.74 Å². The van der Waals surface area contributed by atoms with Crippen molar-refractivity contribution < 1.29 is 14.3 Å². The van der Waals surface area contributed by atoms with Crippen molar-refractivity contribution in [1.29, 1.82) is 0 Å². The molecule has 0 spiro atoms. The SMILES string of the molecule is COC1[CH]COC1=O. The standard InChI is InChI=1S/C5H7O3/c1-7-4-2-3-8-5(4)6/h2,4H,3H2,1H3. The molecule has 0 N–H and O–H groups in total. The Balaban J connectivity index is 2.42. The molecular formula is C5H7O3. The zero-order valence-corrected chi connectivity index (χ0v) is 4.59. The lowest BCUT2D eigenvalue weighted by atomic mass is 10.3. The van der Waals surface area contributed by atoms with E-state index < -0.39 is 6.10 Å². The van der Waals surface area contributed by atoms with E-state index in [0.29, 0.717) is 6.61 Å². The summed E-state index contributed by atoms with van der Waals surface area (Å²) in [5.41, 5.74) is 0. The number of rotatable bonds is 1. The highest BCUT2D eigenvalue weighted by molar-refractivity contribution is 5.78. The molecule has 1 saturated heterocycles. The molecule has 3 heteroatoms. The fourth-order valence-corrected chi connectivity index (χ4v) is 0.588. The second-order valence-electron chi connectivity index (χ2n) is 1.52. The smallest absolute Gasteiger partial charge is 0.335 e. The molecule has 0 saturated carbocycles. The van der Waals surface area contributed by atoms with E-state index in [9.17, 15) is 4.79 Å². The van der Waals surface area contributed by atoms with Crippen LogP contribution in [0.2, 0.25) is 0 Å². The fraction of sp³-hybridized carbons (Fsp3) is 0.600. The van der Waals surface area contributed by atoms with E-state index in [1.165, 1.54) is 7.11 Å². The minimum absolute atomic E-state index is 0.285. The molecule has 0 aliphatic carbocycles. The van der Waals surface area contributed by atoms with Crippen molar-refractivity contribution in [3.63, 3.8) is 0 Å². The highest BCUT2D eigenvalue weighted by atomic mass is 16.6. The summed E-state index contributed by atoms with van der Waals surface area (Å²) >= 11 is 0. The second-order valence-corrected chi connectivity index (χ2v) is 1.52. The van der Waals surface area contributed by atoms with Gasteiger partial charge in [0.2, 0.25) is 0 Å². The first-order valence-corrected chi connectivity index (χ1v) is 2.37. The minimum Gasteiger partial charge on any atom is -0.463 e. The van der Waals surface area contributed by atoms with Gasteiger partial charge in [-0.2, -0.15) is 0 Å². The summed E-state index contributed by atoms with van der Waals surface area (Å²) in [4.78, 5) is 10.4. The maximum atomic E-state index is 10.4. The molecule has 1 unspecified atom stereocenters. The van der Waals surface area contributed by atoms with Crippen LogP contribution in [0.4, 0.5) is 0 Å². The third-order valence-corrected chi connectivity index (χ3v) is 1.02. The van der Waals surface area contributed by atoms with E-state index in [2.05, 4.69) is 4.74 Å². The Kier molecular flexibility index (Phi) is 1.48. The number of esters is 1. The molecule has 0 amide bonds. The Morgan fingerprint density at radius 2 is 2.75 bits per heavy atom. The average Bonchev–Trinajstić information content (AvgIpc) is 2.14. The average molecular weight is 115 g/mol. The summed E-state index contributed by atoms with van der Waals surface area (Å²) < 4.78 is 9.23. The van der Waals surface area contributed by atoms with E-state index in [1.54, 1.807) is 6.42 Å². The van der Waals surface area contributed by atoms with Gasteiger partial charge in [0.15, 0.2) is 6.10 Å². The van der Waals surface area contributed by atoms with Crippen molar-refractivity contribution in [2.24, 2.45) is 0 Å². The number of hydrogen-bond acceptors (Lipinski definition) is 3. The van der Waals surface area contributed by atoms with Crippen LogP contribution in [0.1, 0.15) is 0 Å². The van der Waals surface area contributed by atoms with Gasteiger partial charge in [-0.1, -0.05) is 0 Å². The number of hydrogen-bond donors (Lipinski definition) is 0. The first kappa shape index (κ1) is 5.56. The Morgan fingerprint density at radius 1 is 2.00 bits per heavy atom. The zero-order valence-electron chi connectivity index (χ0n) is 4.59. The molecule has 45 valence electrons. The van der Waals surface area contributed by atoms with Gasteiger partial charge in [0, 0.05) is 13.5 Å². The topological polar surface area (TPSA) is 35.5 Å². The van der Waals surface area contributed by atoms with Gasteiger partial charge >= 0.3 is 5.97 Å². The molecule has 3 nitrogen and oxygen atoms in total. The molecule has 1 heterocycles. The Labute approximate surface area is 47.6 Å². The van der Waals surface area contributed by atoms with Crippen LogP contribution in [0, 0.1) is 6.42 Å². The molecule has 0 bridgehead atoms. The summed E-state index contributed by atoms with van der Waals surface area (Å²) in [5.74, 6) is -0.285. The van der Waals surface area contributed by atoms with E-state index >= 15 is 0 Å². The molecule has 1 fully saturated rings. The Bertz CT molecular complexity index is 99.8. The second kappa shape index (κ2) is 2.13. The van der Waals surface area contributed by atoms with Crippen LogP contribution in [0.15, 0.2) is 0 Å². The lowest BCUT2D eigenvalue weighted by molar-refractivity contribution is -0.145. The number of cyclic esters (lactones) is 1. The third kappa shape index (κ3) is 0.816. The summed E-state index contributed by atoms with van der Waals surface area (Å²) in [6.45, 7) is 0.386. The first-order chi connectivity index (χ1) is 3.84. The monoisotopic (exact) mass is 115 g/mol.